The van der Waals surface area contributed by atoms with E-state index in [1.54, 1.807) is 0 Å². The lowest BCUT2D eigenvalue weighted by Crippen LogP contribution is -2.53. The predicted octanol–water partition coefficient (Wildman–Crippen LogP) is -0.194. The zero-order chi connectivity index (χ0) is 21.0. The molecule has 0 bridgehead atoms. The van der Waals surface area contributed by atoms with Crippen molar-refractivity contribution in [2.24, 2.45) is 0 Å². The first-order valence-electron chi connectivity index (χ1n) is 9.15. The second-order valence-electron chi connectivity index (χ2n) is 6.53. The van der Waals surface area contributed by atoms with Gasteiger partial charge in [0.05, 0.1) is 6.54 Å². The molecule has 27 heavy (non-hydrogen) atoms. The number of nitrogens with one attached hydrogen (secondary N) is 4. The molecule has 0 heterocycles. The molecular weight excluding hydrogens is 375 g/mol. The molecule has 0 aromatic heterocycles. The molecule has 0 aliphatic heterocycles. The summed E-state index contributed by atoms with van der Waals surface area (Å²) in [4.78, 5) is 53.7. The van der Waals surface area contributed by atoms with E-state index in [2.05, 4.69) is 28.2 Å². The van der Waals surface area contributed by atoms with Crippen LogP contribution in [-0.2, 0) is 18.9 Å². The number of unbranched alkanes of at least 4 members (excludes halogenated alkanes) is 3. The second kappa shape index (κ2) is 12.8. The number of hydrogen-bond acceptors (Lipinski definition) is 5. The molecule has 11 heteroatoms. The Morgan fingerprint density at radius 3 is 2.00 bits per heavy atom. The molecule has 0 saturated carbocycles. The van der Waals surface area contributed by atoms with Gasteiger partial charge < -0.3 is 31.1 Å². The zero-order valence-electron chi connectivity index (χ0n) is 16.4. The van der Waals surface area contributed by atoms with Crippen molar-refractivity contribution in [2.45, 2.75) is 71.2 Å². The van der Waals surface area contributed by atoms with Crippen LogP contribution in [0.1, 0.15) is 53.4 Å². The monoisotopic (exact) mass is 408 g/mol. The Labute approximate surface area is 160 Å². The number of hydrogen-bond donors (Lipinski definition) is 6. The van der Waals surface area contributed by atoms with Gasteiger partial charge in [-0.3, -0.25) is 18.9 Å². The number of rotatable bonds is 13. The van der Waals surface area contributed by atoms with Gasteiger partial charge in [0.25, 0.3) is 0 Å². The Kier molecular flexibility index (Phi) is 12.1. The van der Waals surface area contributed by atoms with E-state index in [9.17, 15) is 18.9 Å². The number of amides is 3. The second-order valence-corrected chi connectivity index (χ2v) is 8.48. The lowest BCUT2D eigenvalue weighted by Gasteiger charge is -2.21. The van der Waals surface area contributed by atoms with Gasteiger partial charge in [0.15, 0.2) is 0 Å². The van der Waals surface area contributed by atoms with Crippen LogP contribution in [0.15, 0.2) is 0 Å². The van der Waals surface area contributed by atoms with Crippen molar-refractivity contribution >= 4 is 25.3 Å². The van der Waals surface area contributed by atoms with Crippen LogP contribution in [0.2, 0.25) is 0 Å². The zero-order valence-corrected chi connectivity index (χ0v) is 17.3. The molecule has 3 amide bonds. The highest BCUT2D eigenvalue weighted by molar-refractivity contribution is 7.52. The molecule has 0 aliphatic rings. The summed E-state index contributed by atoms with van der Waals surface area (Å²) in [5.74, 6) is -2.99. The largest absolute Gasteiger partial charge is 0.347 e. The van der Waals surface area contributed by atoms with E-state index in [0.717, 1.165) is 32.2 Å². The summed E-state index contributed by atoms with van der Waals surface area (Å²) >= 11 is 0. The standard InChI is InChI=1S/C16H33N4O6P/c1-5-6-7-8-9-17-10-14(21)18-11(2)15(22)19-12(3)16(23)20-13(4)27(24,25)26/h11-13,17H,5-10H2,1-4H3,(H,18,21)(H,19,22)(H,20,23)(H2,24,25,26)/t11-,12-,13+/m0/s1. The topological polar surface area (TPSA) is 157 Å². The molecule has 0 saturated heterocycles. The molecule has 158 valence electrons. The fourth-order valence-electron chi connectivity index (χ4n) is 2.06. The summed E-state index contributed by atoms with van der Waals surface area (Å²) in [5, 5.41) is 10.1. The first kappa shape index (κ1) is 25.5. The minimum absolute atomic E-state index is 0.0968. The van der Waals surface area contributed by atoms with Crippen molar-refractivity contribution in [3.05, 3.63) is 0 Å². The van der Waals surface area contributed by atoms with Gasteiger partial charge in [-0.2, -0.15) is 0 Å². The molecule has 0 aliphatic carbocycles. The maximum absolute atomic E-state index is 12.0. The van der Waals surface area contributed by atoms with E-state index >= 15 is 0 Å². The van der Waals surface area contributed by atoms with Gasteiger partial charge in [-0.1, -0.05) is 26.2 Å². The third kappa shape index (κ3) is 11.8. The van der Waals surface area contributed by atoms with E-state index in [1.165, 1.54) is 20.8 Å². The quantitative estimate of drug-likeness (QED) is 0.182. The van der Waals surface area contributed by atoms with Crippen LogP contribution in [0.25, 0.3) is 0 Å². The van der Waals surface area contributed by atoms with Crippen LogP contribution >= 0.6 is 7.60 Å². The molecule has 10 nitrogen and oxygen atoms in total. The Morgan fingerprint density at radius 2 is 1.44 bits per heavy atom. The molecule has 3 atom stereocenters. The van der Waals surface area contributed by atoms with Gasteiger partial charge in [0.1, 0.15) is 17.9 Å². The molecule has 0 spiro atoms. The van der Waals surface area contributed by atoms with Gasteiger partial charge in [0.2, 0.25) is 17.7 Å². The molecule has 0 fully saturated rings. The average Bonchev–Trinajstić information content (AvgIpc) is 2.56. The van der Waals surface area contributed by atoms with Crippen LogP contribution in [-0.4, -0.2) is 58.5 Å². The first-order valence-corrected chi connectivity index (χ1v) is 10.8. The third-order valence-electron chi connectivity index (χ3n) is 3.87. The Hall–Kier alpha value is -1.48. The van der Waals surface area contributed by atoms with E-state index in [0.29, 0.717) is 0 Å². The Morgan fingerprint density at radius 1 is 0.889 bits per heavy atom. The number of carbonyl (C=O) groups is 3. The highest BCUT2D eigenvalue weighted by Gasteiger charge is 2.28. The van der Waals surface area contributed by atoms with Crippen molar-refractivity contribution in [2.75, 3.05) is 13.1 Å². The van der Waals surface area contributed by atoms with Crippen LogP contribution in [0, 0.1) is 0 Å². The summed E-state index contributed by atoms with van der Waals surface area (Å²) in [6.45, 7) is 6.98. The summed E-state index contributed by atoms with van der Waals surface area (Å²) in [7, 11) is -4.45. The summed E-state index contributed by atoms with van der Waals surface area (Å²) in [6.07, 6.45) is 4.38. The van der Waals surface area contributed by atoms with Crippen molar-refractivity contribution in [1.82, 2.24) is 21.3 Å². The Bertz CT molecular complexity index is 539. The Balaban J connectivity index is 4.20. The van der Waals surface area contributed by atoms with Crippen LogP contribution < -0.4 is 21.3 Å². The molecule has 6 N–H and O–H groups in total. The molecule has 0 unspecified atom stereocenters. The summed E-state index contributed by atoms with van der Waals surface area (Å²) in [6, 6.07) is -1.86. The van der Waals surface area contributed by atoms with Crippen LogP contribution in [0.5, 0.6) is 0 Å². The third-order valence-corrected chi connectivity index (χ3v) is 5.01. The highest BCUT2D eigenvalue weighted by atomic mass is 31.2. The lowest BCUT2D eigenvalue weighted by molar-refractivity contribution is -0.131. The molecular formula is C16H33N4O6P. The smallest absolute Gasteiger partial charge is 0.343 e. The summed E-state index contributed by atoms with van der Waals surface area (Å²) < 4.78 is 11.0. The van der Waals surface area contributed by atoms with E-state index in [-0.39, 0.29) is 12.5 Å². The minimum Gasteiger partial charge on any atom is -0.343 e. The fraction of sp³-hybridized carbons (Fsp3) is 0.812. The van der Waals surface area contributed by atoms with Crippen LogP contribution in [0.4, 0.5) is 0 Å². The molecule has 0 rings (SSSR count). The lowest BCUT2D eigenvalue weighted by atomic mass is 10.2. The van der Waals surface area contributed by atoms with Gasteiger partial charge in [-0.25, -0.2) is 0 Å². The first-order chi connectivity index (χ1) is 12.5. The summed E-state index contributed by atoms with van der Waals surface area (Å²) in [5.41, 5.74) is 0. The molecule has 0 aromatic rings. The van der Waals surface area contributed by atoms with Gasteiger partial charge >= 0.3 is 7.60 Å². The highest BCUT2D eigenvalue weighted by Crippen LogP contribution is 2.39. The van der Waals surface area contributed by atoms with Crippen molar-refractivity contribution in [1.29, 1.82) is 0 Å². The average molecular weight is 408 g/mol. The van der Waals surface area contributed by atoms with E-state index in [1.807, 2.05) is 0 Å². The van der Waals surface area contributed by atoms with E-state index in [4.69, 9.17) is 9.79 Å². The molecule has 0 radical (unpaired) electrons. The van der Waals surface area contributed by atoms with Gasteiger partial charge in [0, 0.05) is 0 Å². The van der Waals surface area contributed by atoms with Crippen molar-refractivity contribution < 1.29 is 28.7 Å². The minimum atomic E-state index is -4.45. The van der Waals surface area contributed by atoms with E-state index < -0.39 is 37.3 Å². The maximum Gasteiger partial charge on any atom is 0.347 e. The maximum atomic E-state index is 12.0. The number of carbonyl (C=O) groups excluding carboxylic acids is 3. The van der Waals surface area contributed by atoms with Crippen LogP contribution in [0.3, 0.4) is 0 Å². The van der Waals surface area contributed by atoms with Gasteiger partial charge in [-0.15, -0.1) is 0 Å². The van der Waals surface area contributed by atoms with Crippen molar-refractivity contribution in [3.63, 3.8) is 0 Å². The fourth-order valence-corrected chi connectivity index (χ4v) is 2.35. The predicted molar refractivity (Wildman–Crippen MR) is 102 cm³/mol. The molecule has 0 aromatic carbocycles. The van der Waals surface area contributed by atoms with Gasteiger partial charge in [-0.05, 0) is 33.7 Å². The SMILES string of the molecule is CCCCCCNCC(=O)N[C@@H](C)C(=O)N[C@@H](C)C(=O)N[C@@H](C)P(=O)(O)O. The van der Waals surface area contributed by atoms with Crippen molar-refractivity contribution in [3.8, 4) is 0 Å². The normalized spacial score (nSPS) is 14.7.